The number of anilines is 1. The second-order valence-corrected chi connectivity index (χ2v) is 7.31. The summed E-state index contributed by atoms with van der Waals surface area (Å²) in [6, 6.07) is 5.14. The van der Waals surface area contributed by atoms with Crippen LogP contribution in [0.4, 0.5) is 5.95 Å². The topological polar surface area (TPSA) is 54.6 Å². The molecule has 0 aliphatic carbocycles. The maximum absolute atomic E-state index is 5.81. The van der Waals surface area contributed by atoms with Crippen molar-refractivity contribution >= 4 is 5.95 Å². The van der Waals surface area contributed by atoms with Gasteiger partial charge in [0.25, 0.3) is 0 Å². The Morgan fingerprint density at radius 1 is 1.20 bits per heavy atom. The molecule has 2 aromatic rings. The second kappa shape index (κ2) is 6.11. The van der Waals surface area contributed by atoms with E-state index in [1.165, 1.54) is 24.1 Å². The van der Waals surface area contributed by atoms with Gasteiger partial charge in [0, 0.05) is 43.4 Å². The molecule has 3 aliphatic rings. The van der Waals surface area contributed by atoms with E-state index in [2.05, 4.69) is 27.0 Å². The van der Waals surface area contributed by atoms with Gasteiger partial charge in [-0.25, -0.2) is 9.97 Å². The Labute approximate surface area is 147 Å². The van der Waals surface area contributed by atoms with Gasteiger partial charge < -0.3 is 14.1 Å². The van der Waals surface area contributed by atoms with Crippen LogP contribution in [0, 0.1) is 6.92 Å². The van der Waals surface area contributed by atoms with Gasteiger partial charge >= 0.3 is 0 Å². The van der Waals surface area contributed by atoms with Gasteiger partial charge in [-0.2, -0.15) is 0 Å². The number of hydrogen-bond acceptors (Lipinski definition) is 6. The fourth-order valence-electron chi connectivity index (χ4n) is 4.48. The summed E-state index contributed by atoms with van der Waals surface area (Å²) < 4.78 is 11.2. The van der Waals surface area contributed by atoms with Crippen LogP contribution in [0.5, 0.6) is 0 Å². The average Bonchev–Trinajstić information content (AvgIpc) is 3.17. The zero-order valence-electron chi connectivity index (χ0n) is 14.6. The molecule has 0 spiro atoms. The van der Waals surface area contributed by atoms with Crippen molar-refractivity contribution in [2.75, 3.05) is 31.2 Å². The number of hydrogen-bond donors (Lipinski definition) is 0. The van der Waals surface area contributed by atoms with Crippen molar-refractivity contribution in [3.8, 4) is 0 Å². The highest BCUT2D eigenvalue weighted by Gasteiger charge is 2.41. The predicted molar refractivity (Wildman–Crippen MR) is 93.5 cm³/mol. The number of aromatic nitrogens is 2. The molecule has 25 heavy (non-hydrogen) atoms. The molecule has 2 aromatic heterocycles. The first-order valence-corrected chi connectivity index (χ1v) is 9.27. The van der Waals surface area contributed by atoms with Crippen LogP contribution in [0.2, 0.25) is 0 Å². The predicted octanol–water partition coefficient (Wildman–Crippen LogP) is 2.48. The molecule has 2 fully saturated rings. The van der Waals surface area contributed by atoms with Gasteiger partial charge in [0.1, 0.15) is 11.5 Å². The van der Waals surface area contributed by atoms with Crippen molar-refractivity contribution in [2.45, 2.75) is 44.8 Å². The lowest BCUT2D eigenvalue weighted by Crippen LogP contribution is -2.40. The fourth-order valence-corrected chi connectivity index (χ4v) is 4.48. The highest BCUT2D eigenvalue weighted by atomic mass is 16.5. The van der Waals surface area contributed by atoms with Crippen LogP contribution in [-0.4, -0.2) is 47.2 Å². The maximum Gasteiger partial charge on any atom is 0.225 e. The summed E-state index contributed by atoms with van der Waals surface area (Å²) in [6.07, 6.45) is 5.51. The summed E-state index contributed by atoms with van der Waals surface area (Å²) in [5.41, 5.74) is 2.56. The highest BCUT2D eigenvalue weighted by molar-refractivity contribution is 5.37. The van der Waals surface area contributed by atoms with E-state index in [-0.39, 0.29) is 0 Å². The van der Waals surface area contributed by atoms with E-state index in [0.29, 0.717) is 12.1 Å². The summed E-state index contributed by atoms with van der Waals surface area (Å²) in [6.45, 7) is 6.19. The molecule has 0 N–H and O–H groups in total. The molecule has 5 rings (SSSR count). The summed E-state index contributed by atoms with van der Waals surface area (Å²) in [4.78, 5) is 14.4. The molecule has 132 valence electrons. The highest BCUT2D eigenvalue weighted by Crippen LogP contribution is 2.44. The molecule has 5 heterocycles. The lowest BCUT2D eigenvalue weighted by Gasteiger charge is -2.35. The number of morpholine rings is 1. The molecule has 0 unspecified atom stereocenters. The van der Waals surface area contributed by atoms with Crippen LogP contribution < -0.4 is 4.90 Å². The summed E-state index contributed by atoms with van der Waals surface area (Å²) >= 11 is 0. The molecule has 2 atom stereocenters. The molecule has 0 aromatic carbocycles. The molecule has 3 aliphatic heterocycles. The van der Waals surface area contributed by atoms with Gasteiger partial charge in [-0.05, 0) is 31.9 Å². The first-order valence-electron chi connectivity index (χ1n) is 9.27. The van der Waals surface area contributed by atoms with Gasteiger partial charge in [-0.3, -0.25) is 4.90 Å². The Morgan fingerprint density at radius 3 is 2.88 bits per heavy atom. The number of furan rings is 1. The Hall–Kier alpha value is -1.92. The molecule has 0 radical (unpaired) electrons. The van der Waals surface area contributed by atoms with Gasteiger partial charge in [-0.1, -0.05) is 0 Å². The molecule has 0 saturated carbocycles. The van der Waals surface area contributed by atoms with Crippen molar-refractivity contribution in [1.29, 1.82) is 0 Å². The standard InChI is InChI=1S/C19H24N4O2/c1-13-2-4-15(25-13)12-23-14-3-5-18(23)16-11-20-19(21-17(16)10-14)22-6-8-24-9-7-22/h2,4,11,14,18H,3,5-10,12H2,1H3/t14-,18-/m0/s1. The van der Waals surface area contributed by atoms with Crippen LogP contribution in [0.3, 0.4) is 0 Å². The summed E-state index contributed by atoms with van der Waals surface area (Å²) in [7, 11) is 0. The lowest BCUT2D eigenvalue weighted by molar-refractivity contribution is 0.121. The molecule has 6 heteroatoms. The summed E-state index contributed by atoms with van der Waals surface area (Å²) in [5.74, 6) is 2.92. The van der Waals surface area contributed by atoms with E-state index >= 15 is 0 Å². The van der Waals surface area contributed by atoms with Gasteiger partial charge in [0.2, 0.25) is 5.95 Å². The molecular weight excluding hydrogens is 316 g/mol. The first-order chi connectivity index (χ1) is 12.3. The SMILES string of the molecule is Cc1ccc(CN2[C@H]3CC[C@H]2c2cnc(N4CCOCC4)nc2C3)o1. The minimum absolute atomic E-state index is 0.429. The van der Waals surface area contributed by atoms with Crippen molar-refractivity contribution in [3.05, 3.63) is 41.1 Å². The second-order valence-electron chi connectivity index (χ2n) is 7.31. The Bertz CT molecular complexity index is 769. The largest absolute Gasteiger partial charge is 0.465 e. The third-order valence-corrected chi connectivity index (χ3v) is 5.75. The van der Waals surface area contributed by atoms with Crippen LogP contribution in [0.15, 0.2) is 22.7 Å². The van der Waals surface area contributed by atoms with Gasteiger partial charge in [-0.15, -0.1) is 0 Å². The monoisotopic (exact) mass is 340 g/mol. The quantitative estimate of drug-likeness (QED) is 0.856. The maximum atomic E-state index is 5.81. The molecular formula is C19H24N4O2. The fraction of sp³-hybridized carbons (Fsp3) is 0.579. The zero-order chi connectivity index (χ0) is 16.8. The minimum Gasteiger partial charge on any atom is -0.465 e. The third kappa shape index (κ3) is 2.73. The van der Waals surface area contributed by atoms with Crippen LogP contribution >= 0.6 is 0 Å². The Morgan fingerprint density at radius 2 is 2.08 bits per heavy atom. The average molecular weight is 340 g/mol. The first kappa shape index (κ1) is 15.3. The van der Waals surface area contributed by atoms with Crippen molar-refractivity contribution in [1.82, 2.24) is 14.9 Å². The molecule has 2 bridgehead atoms. The lowest BCUT2D eigenvalue weighted by atomic mass is 9.99. The minimum atomic E-state index is 0.429. The van der Waals surface area contributed by atoms with E-state index in [0.717, 1.165) is 56.7 Å². The van der Waals surface area contributed by atoms with E-state index in [9.17, 15) is 0 Å². The van der Waals surface area contributed by atoms with E-state index in [1.807, 2.05) is 13.0 Å². The summed E-state index contributed by atoms with van der Waals surface area (Å²) in [5, 5.41) is 0. The number of aryl methyl sites for hydroxylation is 1. The van der Waals surface area contributed by atoms with Gasteiger partial charge in [0.05, 0.1) is 25.5 Å². The smallest absolute Gasteiger partial charge is 0.225 e. The van der Waals surface area contributed by atoms with Crippen LogP contribution in [0.25, 0.3) is 0 Å². The number of rotatable bonds is 3. The molecule has 6 nitrogen and oxygen atoms in total. The van der Waals surface area contributed by atoms with Crippen molar-refractivity contribution in [2.24, 2.45) is 0 Å². The number of fused-ring (bicyclic) bond motifs is 4. The van der Waals surface area contributed by atoms with E-state index in [4.69, 9.17) is 14.1 Å². The third-order valence-electron chi connectivity index (χ3n) is 5.75. The number of nitrogens with zero attached hydrogens (tertiary/aromatic N) is 4. The van der Waals surface area contributed by atoms with E-state index in [1.54, 1.807) is 0 Å². The van der Waals surface area contributed by atoms with Crippen molar-refractivity contribution in [3.63, 3.8) is 0 Å². The molecule has 2 saturated heterocycles. The molecule has 0 amide bonds. The Balaban J connectivity index is 1.40. The zero-order valence-corrected chi connectivity index (χ0v) is 14.6. The normalized spacial score (nSPS) is 26.0. The van der Waals surface area contributed by atoms with Crippen molar-refractivity contribution < 1.29 is 9.15 Å². The van der Waals surface area contributed by atoms with Crippen LogP contribution in [0.1, 0.15) is 41.7 Å². The van der Waals surface area contributed by atoms with Gasteiger partial charge in [0.15, 0.2) is 0 Å². The number of ether oxygens (including phenoxy) is 1. The van der Waals surface area contributed by atoms with Crippen LogP contribution in [-0.2, 0) is 17.7 Å². The van der Waals surface area contributed by atoms with E-state index < -0.39 is 0 Å². The Kier molecular flexibility index (Phi) is 3.75.